The topological polar surface area (TPSA) is 105 Å². The Hall–Kier alpha value is -2.77. The second kappa shape index (κ2) is 6.15. The standard InChI is InChI=1S/C16H19N5O2/c1-16(2)14(22)13(21(4)15(19-3)20-9-18)11-7-10(8-17)5-6-12(11)23-16/h5-7,13-14,22H,1-4H3,(H,19,20)/t13-,14+/m1/s1. The van der Waals surface area contributed by atoms with Gasteiger partial charge in [0.05, 0.1) is 17.7 Å². The summed E-state index contributed by atoms with van der Waals surface area (Å²) in [5.41, 5.74) is 0.325. The van der Waals surface area contributed by atoms with Crippen LogP contribution in [0.2, 0.25) is 0 Å². The van der Waals surface area contributed by atoms with Crippen LogP contribution in [-0.2, 0) is 0 Å². The van der Waals surface area contributed by atoms with E-state index in [0.717, 1.165) is 0 Å². The van der Waals surface area contributed by atoms with E-state index in [1.165, 1.54) is 0 Å². The molecule has 0 amide bonds. The predicted molar refractivity (Wildman–Crippen MR) is 84.5 cm³/mol. The molecule has 0 unspecified atom stereocenters. The van der Waals surface area contributed by atoms with Crippen molar-refractivity contribution in [3.63, 3.8) is 0 Å². The summed E-state index contributed by atoms with van der Waals surface area (Å²) in [6.07, 6.45) is 0.950. The van der Waals surface area contributed by atoms with Gasteiger partial charge in [-0.15, -0.1) is 0 Å². The van der Waals surface area contributed by atoms with E-state index in [0.29, 0.717) is 22.8 Å². The molecule has 2 atom stereocenters. The van der Waals surface area contributed by atoms with Crippen molar-refractivity contribution >= 4 is 5.96 Å². The fourth-order valence-corrected chi connectivity index (χ4v) is 2.74. The van der Waals surface area contributed by atoms with E-state index in [1.807, 2.05) is 6.19 Å². The molecule has 2 N–H and O–H groups in total. The summed E-state index contributed by atoms with van der Waals surface area (Å²) in [5.74, 6) is 0.922. The fourth-order valence-electron chi connectivity index (χ4n) is 2.74. The lowest BCUT2D eigenvalue weighted by atomic mass is 9.85. The normalized spacial score (nSPS) is 22.1. The van der Waals surface area contributed by atoms with E-state index in [1.54, 1.807) is 51.0 Å². The number of nitrogens with one attached hydrogen (secondary N) is 1. The quantitative estimate of drug-likeness (QED) is 0.348. The van der Waals surface area contributed by atoms with Gasteiger partial charge in [-0.3, -0.25) is 10.3 Å². The van der Waals surface area contributed by atoms with E-state index >= 15 is 0 Å². The number of hydrogen-bond acceptors (Lipinski definition) is 5. The van der Waals surface area contributed by atoms with Gasteiger partial charge in [0, 0.05) is 19.7 Å². The number of aliphatic imine (C=N–C) groups is 1. The van der Waals surface area contributed by atoms with Crippen LogP contribution in [0.3, 0.4) is 0 Å². The Bertz CT molecular complexity index is 714. The lowest BCUT2D eigenvalue weighted by Gasteiger charge is -2.45. The maximum Gasteiger partial charge on any atom is 0.207 e. The minimum atomic E-state index is -0.883. The van der Waals surface area contributed by atoms with Crippen molar-refractivity contribution in [3.8, 4) is 18.0 Å². The molecular formula is C16H19N5O2. The molecular weight excluding hydrogens is 294 g/mol. The fraction of sp³-hybridized carbons (Fsp3) is 0.438. The highest BCUT2D eigenvalue weighted by Gasteiger charge is 2.45. The number of nitriles is 2. The lowest BCUT2D eigenvalue weighted by Crippen LogP contribution is -2.55. The number of benzene rings is 1. The zero-order chi connectivity index (χ0) is 17.2. The van der Waals surface area contributed by atoms with Crippen molar-refractivity contribution in [3.05, 3.63) is 29.3 Å². The SMILES string of the molecule is CN=C(NC#N)N(C)[C@@H]1c2cc(C#N)ccc2OC(C)(C)[C@H]1O. The van der Waals surface area contributed by atoms with Gasteiger partial charge < -0.3 is 14.7 Å². The van der Waals surface area contributed by atoms with Crippen LogP contribution in [0.25, 0.3) is 0 Å². The van der Waals surface area contributed by atoms with Crippen molar-refractivity contribution in [2.45, 2.75) is 31.6 Å². The molecule has 2 rings (SSSR count). The maximum absolute atomic E-state index is 10.8. The highest BCUT2D eigenvalue weighted by atomic mass is 16.5. The molecule has 1 aromatic carbocycles. The predicted octanol–water partition coefficient (Wildman–Crippen LogP) is 1.12. The summed E-state index contributed by atoms with van der Waals surface area (Å²) >= 11 is 0. The second-order valence-electron chi connectivity index (χ2n) is 5.85. The van der Waals surface area contributed by atoms with Crippen molar-refractivity contribution < 1.29 is 9.84 Å². The molecule has 0 saturated carbocycles. The molecule has 0 spiro atoms. The number of guanidine groups is 1. The van der Waals surface area contributed by atoms with E-state index in [4.69, 9.17) is 15.3 Å². The minimum Gasteiger partial charge on any atom is -0.485 e. The van der Waals surface area contributed by atoms with Crippen LogP contribution in [0.5, 0.6) is 5.75 Å². The molecule has 1 aliphatic rings. The van der Waals surface area contributed by atoms with Crippen LogP contribution in [0.1, 0.15) is 31.0 Å². The van der Waals surface area contributed by atoms with Gasteiger partial charge in [-0.1, -0.05) is 0 Å². The molecule has 0 radical (unpaired) electrons. The first kappa shape index (κ1) is 16.6. The van der Waals surface area contributed by atoms with Crippen LogP contribution >= 0.6 is 0 Å². The lowest BCUT2D eigenvalue weighted by molar-refractivity contribution is -0.0788. The van der Waals surface area contributed by atoms with E-state index in [-0.39, 0.29) is 0 Å². The molecule has 0 aliphatic carbocycles. The highest BCUT2D eigenvalue weighted by molar-refractivity contribution is 5.81. The number of rotatable bonds is 1. The summed E-state index contributed by atoms with van der Waals surface area (Å²) in [6.45, 7) is 3.58. The van der Waals surface area contributed by atoms with Crippen molar-refractivity contribution in [1.82, 2.24) is 10.2 Å². The number of fused-ring (bicyclic) bond motifs is 1. The first-order valence-electron chi connectivity index (χ1n) is 7.11. The monoisotopic (exact) mass is 313 g/mol. The molecule has 0 fully saturated rings. The number of ether oxygens (including phenoxy) is 1. The first-order chi connectivity index (χ1) is 10.9. The van der Waals surface area contributed by atoms with Gasteiger partial charge in [0.2, 0.25) is 5.96 Å². The molecule has 0 aromatic heterocycles. The van der Waals surface area contributed by atoms with Crippen LogP contribution < -0.4 is 10.1 Å². The number of hydrogen-bond donors (Lipinski definition) is 2. The molecule has 1 aliphatic heterocycles. The third-order valence-electron chi connectivity index (χ3n) is 3.97. The van der Waals surface area contributed by atoms with Crippen molar-refractivity contribution in [1.29, 1.82) is 10.5 Å². The van der Waals surface area contributed by atoms with E-state index < -0.39 is 17.7 Å². The van der Waals surface area contributed by atoms with Gasteiger partial charge in [-0.25, -0.2) is 0 Å². The van der Waals surface area contributed by atoms with Gasteiger partial charge in [0.15, 0.2) is 6.19 Å². The van der Waals surface area contributed by atoms with Gasteiger partial charge in [-0.2, -0.15) is 10.5 Å². The van der Waals surface area contributed by atoms with Crippen LogP contribution in [0.15, 0.2) is 23.2 Å². The first-order valence-corrected chi connectivity index (χ1v) is 7.11. The maximum atomic E-state index is 10.8. The summed E-state index contributed by atoms with van der Waals surface area (Å²) in [7, 11) is 3.28. The average molecular weight is 313 g/mol. The summed E-state index contributed by atoms with van der Waals surface area (Å²) in [5, 5.41) is 31.3. The zero-order valence-electron chi connectivity index (χ0n) is 13.5. The number of aliphatic hydroxyl groups is 1. The number of nitrogens with zero attached hydrogens (tertiary/aromatic N) is 4. The Morgan fingerprint density at radius 2 is 2.13 bits per heavy atom. The largest absolute Gasteiger partial charge is 0.485 e. The van der Waals surface area contributed by atoms with Crippen LogP contribution in [0.4, 0.5) is 0 Å². The highest BCUT2D eigenvalue weighted by Crippen LogP contribution is 2.42. The van der Waals surface area contributed by atoms with Crippen LogP contribution in [-0.4, -0.2) is 41.8 Å². The van der Waals surface area contributed by atoms with Crippen molar-refractivity contribution in [2.24, 2.45) is 4.99 Å². The molecule has 1 aromatic rings. The Morgan fingerprint density at radius 1 is 1.43 bits per heavy atom. The summed E-state index contributed by atoms with van der Waals surface area (Å²) in [4.78, 5) is 5.72. The molecule has 1 heterocycles. The molecule has 7 nitrogen and oxygen atoms in total. The van der Waals surface area contributed by atoms with Gasteiger partial charge >= 0.3 is 0 Å². The van der Waals surface area contributed by atoms with Gasteiger partial charge in [-0.05, 0) is 32.0 Å². The minimum absolute atomic E-state index is 0.322. The smallest absolute Gasteiger partial charge is 0.207 e. The molecule has 0 saturated heterocycles. The van der Waals surface area contributed by atoms with Crippen molar-refractivity contribution in [2.75, 3.05) is 14.1 Å². The van der Waals surface area contributed by atoms with E-state index in [9.17, 15) is 5.11 Å². The summed E-state index contributed by atoms with van der Waals surface area (Å²) in [6, 6.07) is 6.66. The number of aliphatic hydroxyl groups excluding tert-OH is 1. The van der Waals surface area contributed by atoms with Crippen LogP contribution in [0, 0.1) is 22.8 Å². The number of likely N-dealkylation sites (N-methyl/N-ethyl adjacent to an activating group) is 1. The molecule has 120 valence electrons. The average Bonchev–Trinajstić information content (AvgIpc) is 2.52. The van der Waals surface area contributed by atoms with E-state index in [2.05, 4.69) is 16.4 Å². The Balaban J connectivity index is 2.57. The Morgan fingerprint density at radius 3 is 2.70 bits per heavy atom. The van der Waals surface area contributed by atoms with Gasteiger partial charge in [0.25, 0.3) is 0 Å². The zero-order valence-corrected chi connectivity index (χ0v) is 13.5. The van der Waals surface area contributed by atoms with Gasteiger partial charge in [0.1, 0.15) is 17.5 Å². The molecule has 7 heteroatoms. The third-order valence-corrected chi connectivity index (χ3v) is 3.97. The molecule has 0 bridgehead atoms. The Kier molecular flexibility index (Phi) is 4.44. The molecule has 23 heavy (non-hydrogen) atoms. The third kappa shape index (κ3) is 2.92. The second-order valence-corrected chi connectivity index (χ2v) is 5.85. The Labute approximate surface area is 135 Å². The summed E-state index contributed by atoms with van der Waals surface area (Å²) < 4.78 is 5.87.